The Bertz CT molecular complexity index is 476. The lowest BCUT2D eigenvalue weighted by Crippen LogP contribution is -2.43. The summed E-state index contributed by atoms with van der Waals surface area (Å²) in [4.78, 5) is 12.2. The van der Waals surface area contributed by atoms with Gasteiger partial charge in [0.1, 0.15) is 5.75 Å². The van der Waals surface area contributed by atoms with Crippen molar-refractivity contribution >= 4 is 11.6 Å². The van der Waals surface area contributed by atoms with Crippen LogP contribution >= 0.6 is 0 Å². The number of aliphatic hydroxyl groups is 1. The Morgan fingerprint density at radius 2 is 2.20 bits per heavy atom. The van der Waals surface area contributed by atoms with Crippen LogP contribution in [0.2, 0.25) is 0 Å². The van der Waals surface area contributed by atoms with E-state index in [-0.39, 0.29) is 24.5 Å². The van der Waals surface area contributed by atoms with Crippen LogP contribution < -0.4 is 15.8 Å². The molecule has 110 valence electrons. The Kier molecular flexibility index (Phi) is 4.84. The summed E-state index contributed by atoms with van der Waals surface area (Å²) in [5, 5.41) is 12.4. The molecule has 0 aliphatic heterocycles. The van der Waals surface area contributed by atoms with Crippen LogP contribution in [-0.4, -0.2) is 30.8 Å². The molecule has 2 unspecified atom stereocenters. The molecule has 4 N–H and O–H groups in total. The van der Waals surface area contributed by atoms with E-state index in [0.29, 0.717) is 17.0 Å². The van der Waals surface area contributed by atoms with Gasteiger partial charge in [0.2, 0.25) is 0 Å². The highest BCUT2D eigenvalue weighted by Crippen LogP contribution is 2.25. The molecule has 0 heterocycles. The maximum absolute atomic E-state index is 12.2. The van der Waals surface area contributed by atoms with Crippen LogP contribution in [0.25, 0.3) is 0 Å². The van der Waals surface area contributed by atoms with Crippen LogP contribution in [0.5, 0.6) is 5.75 Å². The van der Waals surface area contributed by atoms with Crippen LogP contribution in [0, 0.1) is 5.92 Å². The summed E-state index contributed by atoms with van der Waals surface area (Å²) in [6, 6.07) is 5.05. The summed E-state index contributed by atoms with van der Waals surface area (Å²) in [7, 11) is 1.54. The third-order valence-electron chi connectivity index (χ3n) is 3.95. The number of benzene rings is 1. The summed E-state index contributed by atoms with van der Waals surface area (Å²) in [6.45, 7) is 0.121. The van der Waals surface area contributed by atoms with Crippen molar-refractivity contribution in [3.05, 3.63) is 23.8 Å². The second kappa shape index (κ2) is 6.61. The van der Waals surface area contributed by atoms with Gasteiger partial charge in [0.25, 0.3) is 5.91 Å². The molecule has 2 rings (SSSR count). The van der Waals surface area contributed by atoms with E-state index in [2.05, 4.69) is 5.32 Å². The molecule has 1 aliphatic carbocycles. The largest absolute Gasteiger partial charge is 0.495 e. The van der Waals surface area contributed by atoms with Crippen molar-refractivity contribution in [2.24, 2.45) is 5.92 Å². The molecular formula is C15H22N2O3. The summed E-state index contributed by atoms with van der Waals surface area (Å²) < 4.78 is 5.07. The molecule has 5 heteroatoms. The van der Waals surface area contributed by atoms with Crippen LogP contribution in [0.4, 0.5) is 5.69 Å². The predicted octanol–water partition coefficient (Wildman–Crippen LogP) is 1.56. The standard InChI is InChI=1S/C15H22N2O3/c1-20-14-7-6-10(8-12(14)16)15(19)17-13-5-3-2-4-11(13)9-18/h6-8,11,13,18H,2-5,9,16H2,1H3,(H,17,19). The molecule has 0 aromatic heterocycles. The van der Waals surface area contributed by atoms with Crippen LogP contribution in [0.1, 0.15) is 36.0 Å². The lowest BCUT2D eigenvalue weighted by Gasteiger charge is -2.30. The van der Waals surface area contributed by atoms with Gasteiger partial charge in [-0.25, -0.2) is 0 Å². The fourth-order valence-electron chi connectivity index (χ4n) is 2.74. The number of nitrogen functional groups attached to an aromatic ring is 1. The summed E-state index contributed by atoms with van der Waals surface area (Å²) in [6.07, 6.45) is 4.09. The van der Waals surface area contributed by atoms with Crippen molar-refractivity contribution in [3.63, 3.8) is 0 Å². The van der Waals surface area contributed by atoms with Crippen LogP contribution in [-0.2, 0) is 0 Å². The third kappa shape index (κ3) is 3.22. The molecule has 1 aromatic carbocycles. The predicted molar refractivity (Wildman–Crippen MR) is 77.7 cm³/mol. The lowest BCUT2D eigenvalue weighted by molar-refractivity contribution is 0.0872. The highest BCUT2D eigenvalue weighted by atomic mass is 16.5. The molecule has 0 radical (unpaired) electrons. The molecule has 20 heavy (non-hydrogen) atoms. The van der Waals surface area contributed by atoms with Gasteiger partial charge in [-0.1, -0.05) is 12.8 Å². The van der Waals surface area contributed by atoms with Crippen molar-refractivity contribution in [1.82, 2.24) is 5.32 Å². The van der Waals surface area contributed by atoms with Crippen molar-refractivity contribution in [2.45, 2.75) is 31.7 Å². The van der Waals surface area contributed by atoms with E-state index < -0.39 is 0 Å². The van der Waals surface area contributed by atoms with Gasteiger partial charge in [0.15, 0.2) is 0 Å². The number of rotatable bonds is 4. The average molecular weight is 278 g/mol. The Morgan fingerprint density at radius 1 is 1.45 bits per heavy atom. The van der Waals surface area contributed by atoms with E-state index in [9.17, 15) is 9.90 Å². The molecule has 2 atom stereocenters. The zero-order valence-corrected chi connectivity index (χ0v) is 11.8. The first-order valence-corrected chi connectivity index (χ1v) is 7.01. The number of methoxy groups -OCH3 is 1. The van der Waals surface area contributed by atoms with Crippen molar-refractivity contribution < 1.29 is 14.6 Å². The number of anilines is 1. The van der Waals surface area contributed by atoms with Crippen molar-refractivity contribution in [2.75, 3.05) is 19.5 Å². The Balaban J connectivity index is 2.05. The minimum absolute atomic E-state index is 0.0459. The van der Waals surface area contributed by atoms with E-state index in [4.69, 9.17) is 10.5 Å². The number of carbonyl (C=O) groups is 1. The van der Waals surface area contributed by atoms with Gasteiger partial charge in [-0.15, -0.1) is 0 Å². The van der Waals surface area contributed by atoms with Gasteiger partial charge in [0.05, 0.1) is 12.8 Å². The van der Waals surface area contributed by atoms with Crippen LogP contribution in [0.15, 0.2) is 18.2 Å². The second-order valence-corrected chi connectivity index (χ2v) is 5.26. The quantitative estimate of drug-likeness (QED) is 0.730. The molecular weight excluding hydrogens is 256 g/mol. The zero-order chi connectivity index (χ0) is 14.5. The maximum atomic E-state index is 12.2. The van der Waals surface area contributed by atoms with Gasteiger partial charge in [0, 0.05) is 24.1 Å². The normalized spacial score (nSPS) is 22.3. The number of nitrogens with two attached hydrogens (primary N) is 1. The average Bonchev–Trinajstić information content (AvgIpc) is 2.47. The fraction of sp³-hybridized carbons (Fsp3) is 0.533. The number of hydrogen-bond donors (Lipinski definition) is 3. The summed E-state index contributed by atoms with van der Waals surface area (Å²) in [5.74, 6) is 0.570. The van der Waals surface area contributed by atoms with Crippen LogP contribution in [0.3, 0.4) is 0 Å². The van der Waals surface area contributed by atoms with E-state index in [1.165, 1.54) is 0 Å². The molecule has 5 nitrogen and oxygen atoms in total. The van der Waals surface area contributed by atoms with Gasteiger partial charge in [-0.3, -0.25) is 4.79 Å². The van der Waals surface area contributed by atoms with Crippen molar-refractivity contribution in [3.8, 4) is 5.75 Å². The minimum Gasteiger partial charge on any atom is -0.495 e. The highest BCUT2D eigenvalue weighted by Gasteiger charge is 2.26. The van der Waals surface area contributed by atoms with Gasteiger partial charge < -0.3 is 20.9 Å². The summed E-state index contributed by atoms with van der Waals surface area (Å²) >= 11 is 0. The first kappa shape index (κ1) is 14.7. The summed E-state index contributed by atoms with van der Waals surface area (Å²) in [5.41, 5.74) is 6.78. The number of amides is 1. The number of hydrogen-bond acceptors (Lipinski definition) is 4. The molecule has 1 aromatic rings. The van der Waals surface area contributed by atoms with E-state index in [0.717, 1.165) is 25.7 Å². The molecule has 0 bridgehead atoms. The Hall–Kier alpha value is -1.75. The molecule has 0 spiro atoms. The molecule has 1 fully saturated rings. The molecule has 1 amide bonds. The number of carbonyl (C=O) groups excluding carboxylic acids is 1. The monoisotopic (exact) mass is 278 g/mol. The van der Waals surface area contributed by atoms with Gasteiger partial charge >= 0.3 is 0 Å². The SMILES string of the molecule is COc1ccc(C(=O)NC2CCCCC2CO)cc1N. The highest BCUT2D eigenvalue weighted by molar-refractivity contribution is 5.95. The Morgan fingerprint density at radius 3 is 2.85 bits per heavy atom. The fourth-order valence-corrected chi connectivity index (χ4v) is 2.74. The van der Waals surface area contributed by atoms with Gasteiger partial charge in [-0.05, 0) is 31.0 Å². The van der Waals surface area contributed by atoms with E-state index in [1.807, 2.05) is 0 Å². The molecule has 1 saturated carbocycles. The first-order valence-electron chi connectivity index (χ1n) is 7.01. The molecule has 0 saturated heterocycles. The number of aliphatic hydroxyl groups excluding tert-OH is 1. The zero-order valence-electron chi connectivity index (χ0n) is 11.8. The van der Waals surface area contributed by atoms with Crippen molar-refractivity contribution in [1.29, 1.82) is 0 Å². The second-order valence-electron chi connectivity index (χ2n) is 5.26. The number of ether oxygens (including phenoxy) is 1. The Labute approximate surface area is 119 Å². The molecule has 1 aliphatic rings. The first-order chi connectivity index (χ1) is 9.65. The third-order valence-corrected chi connectivity index (χ3v) is 3.95. The van der Waals surface area contributed by atoms with Gasteiger partial charge in [-0.2, -0.15) is 0 Å². The number of nitrogens with one attached hydrogen (secondary N) is 1. The topological polar surface area (TPSA) is 84.6 Å². The lowest BCUT2D eigenvalue weighted by atomic mass is 9.85. The van der Waals surface area contributed by atoms with E-state index in [1.54, 1.807) is 25.3 Å². The van der Waals surface area contributed by atoms with E-state index >= 15 is 0 Å². The minimum atomic E-state index is -0.148. The smallest absolute Gasteiger partial charge is 0.251 e. The maximum Gasteiger partial charge on any atom is 0.251 e.